The molecule has 0 amide bonds. The molecule has 0 radical (unpaired) electrons. The number of fused-ring (bicyclic) bond motifs is 16. The Labute approximate surface area is 220 Å². The Morgan fingerprint density at radius 2 is 0.611 bits per heavy atom. The van der Waals surface area contributed by atoms with Gasteiger partial charge in [-0.3, -0.25) is 0 Å². The SMILES string of the molecule is c1cc2cc(c1)c1ccc([nH]1)ssc1ccc([nH]1)c1cccc(c1)c1ccc([nH]1)ssc1ccc2[nH]1. The zero-order chi connectivity index (χ0) is 23.9. The molecule has 0 aliphatic heterocycles. The monoisotopic (exact) mass is 540 g/mol. The number of nitrogens with one attached hydrogen (secondary N) is 4. The Morgan fingerprint density at radius 1 is 0.333 bits per heavy atom. The van der Waals surface area contributed by atoms with Crippen LogP contribution in [-0.4, -0.2) is 19.9 Å². The van der Waals surface area contributed by atoms with Crippen molar-refractivity contribution in [2.45, 2.75) is 0 Å². The van der Waals surface area contributed by atoms with E-state index in [1.54, 1.807) is 41.4 Å². The number of aromatic nitrogens is 4. The van der Waals surface area contributed by atoms with Gasteiger partial charge in [0.15, 0.2) is 0 Å². The molecule has 4 nitrogen and oxygen atoms in total. The third-order valence-corrected chi connectivity index (χ3v) is 10.5. The van der Waals surface area contributed by atoms with E-state index in [1.165, 1.54) is 21.5 Å². The van der Waals surface area contributed by atoms with Gasteiger partial charge >= 0.3 is 0 Å². The molecule has 0 unspecified atom stereocenters. The van der Waals surface area contributed by atoms with Crippen molar-refractivity contribution in [1.29, 1.82) is 0 Å². The Balaban J connectivity index is 1.54. The quantitative estimate of drug-likeness (QED) is 0.138. The van der Waals surface area contributed by atoms with Gasteiger partial charge in [-0.1, -0.05) is 77.8 Å². The zero-order valence-electron chi connectivity index (χ0n) is 18.9. The van der Waals surface area contributed by atoms with Crippen LogP contribution in [0.5, 0.6) is 0 Å². The van der Waals surface area contributed by atoms with Crippen LogP contribution in [0.4, 0.5) is 0 Å². The maximum atomic E-state index is 3.57. The molecule has 0 spiro atoms. The van der Waals surface area contributed by atoms with Crippen molar-refractivity contribution < 1.29 is 0 Å². The highest BCUT2D eigenvalue weighted by atomic mass is 32.9. The smallest absolute Gasteiger partial charge is 0.103 e. The van der Waals surface area contributed by atoms with Crippen molar-refractivity contribution in [3.05, 3.63) is 97.1 Å². The molecular weight excluding hydrogens is 521 g/mol. The number of aromatic amines is 4. The molecule has 0 aliphatic carbocycles. The van der Waals surface area contributed by atoms with Gasteiger partial charge in [0, 0.05) is 22.1 Å². The molecular formula is C28H20N4S4. The number of hydrogen-bond donors (Lipinski definition) is 4. The van der Waals surface area contributed by atoms with E-state index in [1.807, 2.05) is 0 Å². The fraction of sp³-hybridized carbons (Fsp3) is 0. The van der Waals surface area contributed by atoms with Crippen LogP contribution in [0.1, 0.15) is 0 Å². The third-order valence-electron chi connectivity index (χ3n) is 6.05. The van der Waals surface area contributed by atoms with E-state index in [0.29, 0.717) is 0 Å². The van der Waals surface area contributed by atoms with Crippen molar-refractivity contribution >= 4 is 104 Å². The van der Waals surface area contributed by atoms with Gasteiger partial charge in [0.05, 0.1) is 0 Å². The number of hydrogen-bond acceptors (Lipinski definition) is 4. The average molecular weight is 541 g/mol. The van der Waals surface area contributed by atoms with Crippen LogP contribution in [0.15, 0.2) is 97.1 Å². The predicted octanol–water partition coefficient (Wildman–Crippen LogP) is 10.1. The van der Waals surface area contributed by atoms with Gasteiger partial charge in [-0.2, -0.15) is 0 Å². The molecule has 12 bridgehead atoms. The number of H-pyrrole nitrogens is 4. The summed E-state index contributed by atoms with van der Waals surface area (Å²) in [6.45, 7) is 0. The molecule has 7 aromatic rings. The van der Waals surface area contributed by atoms with Crippen LogP contribution in [0.3, 0.4) is 0 Å². The lowest BCUT2D eigenvalue weighted by Crippen LogP contribution is -1.70. The van der Waals surface area contributed by atoms with Gasteiger partial charge in [0.1, 0.15) is 19.3 Å². The lowest BCUT2D eigenvalue weighted by Gasteiger charge is -1.93. The minimum atomic E-state index is 1.12. The van der Waals surface area contributed by atoms with Gasteiger partial charge in [0.25, 0.3) is 0 Å². The summed E-state index contributed by atoms with van der Waals surface area (Å²) in [6.07, 6.45) is 0. The summed E-state index contributed by atoms with van der Waals surface area (Å²) in [6, 6.07) is 34.5. The topological polar surface area (TPSA) is 63.2 Å². The molecule has 4 N–H and O–H groups in total. The fourth-order valence-corrected chi connectivity index (χ4v) is 7.96. The summed E-state index contributed by atoms with van der Waals surface area (Å²) in [5.41, 5.74) is 4.46. The van der Waals surface area contributed by atoms with E-state index >= 15 is 0 Å². The van der Waals surface area contributed by atoms with E-state index in [0.717, 1.165) is 41.4 Å². The summed E-state index contributed by atoms with van der Waals surface area (Å²) in [7, 11) is 6.90. The second-order valence-corrected chi connectivity index (χ2v) is 12.9. The van der Waals surface area contributed by atoms with Gasteiger partial charge < -0.3 is 19.9 Å². The van der Waals surface area contributed by atoms with Gasteiger partial charge in [-0.05, 0) is 82.2 Å². The molecule has 0 aliphatic rings. The molecule has 8 heteroatoms. The number of benzene rings is 2. The summed E-state index contributed by atoms with van der Waals surface area (Å²) >= 11 is 0. The predicted molar refractivity (Wildman–Crippen MR) is 162 cm³/mol. The second-order valence-electron chi connectivity index (χ2n) is 8.44. The fourth-order valence-electron chi connectivity index (χ4n) is 4.26. The first-order valence-electron chi connectivity index (χ1n) is 11.4. The van der Waals surface area contributed by atoms with Crippen molar-refractivity contribution in [3.63, 3.8) is 0 Å². The van der Waals surface area contributed by atoms with Gasteiger partial charge in [-0.15, -0.1) is 0 Å². The van der Waals surface area contributed by atoms with Crippen LogP contribution < -0.4 is 0 Å². The molecule has 2 aromatic carbocycles. The number of rotatable bonds is 0. The first-order valence-corrected chi connectivity index (χ1v) is 15.7. The van der Waals surface area contributed by atoms with Crippen LogP contribution in [0.2, 0.25) is 0 Å². The van der Waals surface area contributed by atoms with Crippen molar-refractivity contribution in [2.24, 2.45) is 0 Å². The van der Waals surface area contributed by atoms with Gasteiger partial charge in [-0.25, -0.2) is 0 Å². The molecule has 0 fully saturated rings. The van der Waals surface area contributed by atoms with Crippen LogP contribution in [0.25, 0.3) is 62.9 Å². The molecule has 5 heterocycles. The standard InChI is InChI=1S/C28H20N4S4/c1-3-17-15-18(4-1)22-8-12-26(30-22)34-36-28-14-10-24(32-28)20-6-2-5-19(16-20)23-9-13-27(31-23)35-33-25-11-7-21(17)29-25/h1-16,29-32H. The van der Waals surface area contributed by atoms with E-state index in [9.17, 15) is 0 Å². The van der Waals surface area contributed by atoms with Crippen molar-refractivity contribution in [1.82, 2.24) is 19.9 Å². The average Bonchev–Trinajstić information content (AvgIpc) is 3.73. The molecule has 36 heavy (non-hydrogen) atoms. The Kier molecular flexibility index (Phi) is 5.51. The summed E-state index contributed by atoms with van der Waals surface area (Å²) in [5.74, 6) is 0. The normalized spacial score (nSPS) is 11.3. The van der Waals surface area contributed by atoms with E-state index in [4.69, 9.17) is 0 Å². The van der Waals surface area contributed by atoms with E-state index in [-0.39, 0.29) is 0 Å². The maximum absolute atomic E-state index is 3.57. The lowest BCUT2D eigenvalue weighted by atomic mass is 10.2. The summed E-state index contributed by atoms with van der Waals surface area (Å²) < 4.78 is 0. The Morgan fingerprint density at radius 3 is 0.889 bits per heavy atom. The van der Waals surface area contributed by atoms with Crippen LogP contribution in [0, 0.1) is 0 Å². The highest BCUT2D eigenvalue weighted by molar-refractivity contribution is 7.73. The third kappa shape index (κ3) is 4.29. The molecule has 0 atom stereocenters. The molecule has 176 valence electrons. The van der Waals surface area contributed by atoms with Crippen LogP contribution >= 0.6 is 41.4 Å². The summed E-state index contributed by atoms with van der Waals surface area (Å²) in [5, 5.41) is 4.69. The largest absolute Gasteiger partial charge is 0.346 e. The molecule has 7 rings (SSSR count). The second kappa shape index (κ2) is 9.15. The maximum Gasteiger partial charge on any atom is 0.103 e. The molecule has 0 saturated carbocycles. The first kappa shape index (κ1) is 21.7. The van der Waals surface area contributed by atoms with Crippen molar-refractivity contribution in [2.75, 3.05) is 0 Å². The minimum Gasteiger partial charge on any atom is -0.346 e. The molecule has 0 saturated heterocycles. The van der Waals surface area contributed by atoms with E-state index < -0.39 is 0 Å². The van der Waals surface area contributed by atoms with Crippen molar-refractivity contribution in [3.8, 4) is 0 Å². The van der Waals surface area contributed by atoms with Crippen LogP contribution in [-0.2, 0) is 0 Å². The molecule has 5 aromatic heterocycles. The minimum absolute atomic E-state index is 1.12. The Hall–Kier alpha value is -3.56. The highest BCUT2D eigenvalue weighted by Gasteiger charge is 1.98. The van der Waals surface area contributed by atoms with E-state index in [2.05, 4.69) is 117 Å². The van der Waals surface area contributed by atoms with Gasteiger partial charge in [0.2, 0.25) is 0 Å². The highest BCUT2D eigenvalue weighted by Crippen LogP contribution is 2.24. The first-order chi connectivity index (χ1) is 17.8. The lowest BCUT2D eigenvalue weighted by molar-refractivity contribution is 1.59. The summed E-state index contributed by atoms with van der Waals surface area (Å²) in [4.78, 5) is 18.8. The zero-order valence-corrected chi connectivity index (χ0v) is 22.1. The Bertz CT molecular complexity index is 1790.